The minimum Gasteiger partial charge on any atom is -0.384 e. The van der Waals surface area contributed by atoms with E-state index in [0.717, 1.165) is 25.9 Å². The predicted molar refractivity (Wildman–Crippen MR) is 82.2 cm³/mol. The number of hydrogen-bond acceptors (Lipinski definition) is 4. The number of nitrogens with zero attached hydrogens (tertiary/aromatic N) is 1. The fraction of sp³-hybridized carbons (Fsp3) is 0.938. The van der Waals surface area contributed by atoms with Crippen LogP contribution in [-0.4, -0.2) is 63.9 Å². The third kappa shape index (κ3) is 3.96. The van der Waals surface area contributed by atoms with Crippen molar-refractivity contribution in [3.05, 3.63) is 0 Å². The summed E-state index contributed by atoms with van der Waals surface area (Å²) in [7, 11) is 3.39. The van der Waals surface area contributed by atoms with Crippen molar-refractivity contribution in [3.8, 4) is 0 Å². The molecular formula is C16H30N2O3. The van der Waals surface area contributed by atoms with Crippen molar-refractivity contribution in [1.29, 1.82) is 0 Å². The second-order valence-corrected chi connectivity index (χ2v) is 6.53. The molecule has 2 rings (SSSR count). The molecule has 1 unspecified atom stereocenters. The fourth-order valence-corrected chi connectivity index (χ4v) is 3.42. The maximum absolute atomic E-state index is 13.3. The molecule has 0 spiro atoms. The highest BCUT2D eigenvalue weighted by atomic mass is 16.5. The van der Waals surface area contributed by atoms with Gasteiger partial charge in [-0.25, -0.2) is 0 Å². The van der Waals surface area contributed by atoms with Gasteiger partial charge in [0.2, 0.25) is 5.91 Å². The molecule has 1 saturated carbocycles. The van der Waals surface area contributed by atoms with Crippen molar-refractivity contribution in [2.24, 2.45) is 11.3 Å². The molecule has 1 N–H and O–H groups in total. The van der Waals surface area contributed by atoms with Gasteiger partial charge in [-0.3, -0.25) is 4.79 Å². The molecule has 21 heavy (non-hydrogen) atoms. The molecule has 2 fully saturated rings. The Hall–Kier alpha value is -0.650. The normalized spacial score (nSPS) is 22.8. The highest BCUT2D eigenvalue weighted by Gasteiger charge is 2.45. The van der Waals surface area contributed by atoms with E-state index in [9.17, 15) is 4.79 Å². The first-order chi connectivity index (χ1) is 10.1. The Bertz CT molecular complexity index is 333. The number of ether oxygens (including phenoxy) is 2. The summed E-state index contributed by atoms with van der Waals surface area (Å²) in [5, 5.41) is 3.35. The summed E-state index contributed by atoms with van der Waals surface area (Å²) < 4.78 is 10.6. The first-order valence-corrected chi connectivity index (χ1v) is 8.14. The quantitative estimate of drug-likeness (QED) is 0.733. The molecule has 1 amide bonds. The summed E-state index contributed by atoms with van der Waals surface area (Å²) in [6, 6.07) is 0.316. The zero-order valence-electron chi connectivity index (χ0n) is 13.7. The Morgan fingerprint density at radius 1 is 1.29 bits per heavy atom. The maximum atomic E-state index is 13.3. The van der Waals surface area contributed by atoms with Crippen LogP contribution in [0.2, 0.25) is 0 Å². The molecule has 1 atom stereocenters. The minimum absolute atomic E-state index is 0.266. The van der Waals surface area contributed by atoms with E-state index >= 15 is 0 Å². The smallest absolute Gasteiger partial charge is 0.231 e. The van der Waals surface area contributed by atoms with Gasteiger partial charge in [-0.05, 0) is 51.6 Å². The van der Waals surface area contributed by atoms with Crippen molar-refractivity contribution < 1.29 is 14.3 Å². The molecule has 122 valence electrons. The third-order valence-electron chi connectivity index (χ3n) is 5.03. The van der Waals surface area contributed by atoms with E-state index in [1.54, 1.807) is 14.2 Å². The monoisotopic (exact) mass is 298 g/mol. The van der Waals surface area contributed by atoms with Gasteiger partial charge in [0.15, 0.2) is 0 Å². The molecule has 0 aromatic heterocycles. The molecule has 0 aromatic carbocycles. The average molecular weight is 298 g/mol. The van der Waals surface area contributed by atoms with Crippen LogP contribution < -0.4 is 5.32 Å². The lowest BCUT2D eigenvalue weighted by Gasteiger charge is -2.41. The van der Waals surface area contributed by atoms with Crippen LogP contribution in [0.15, 0.2) is 0 Å². The number of carbonyl (C=O) groups excluding carboxylic acids is 1. The lowest BCUT2D eigenvalue weighted by Crippen LogP contribution is -2.54. The summed E-state index contributed by atoms with van der Waals surface area (Å²) in [6.45, 7) is 5.78. The SMILES string of the molecule is COCCN(C(=O)C1(COC)CCNCC1)C(C)C1CC1. The van der Waals surface area contributed by atoms with Gasteiger partial charge in [0.25, 0.3) is 0 Å². The number of methoxy groups -OCH3 is 2. The molecule has 1 saturated heterocycles. The van der Waals surface area contributed by atoms with Gasteiger partial charge in [-0.1, -0.05) is 0 Å². The number of nitrogens with one attached hydrogen (secondary N) is 1. The van der Waals surface area contributed by atoms with Crippen molar-refractivity contribution in [2.75, 3.05) is 47.1 Å². The minimum atomic E-state index is -0.350. The molecule has 5 heteroatoms. The van der Waals surface area contributed by atoms with Crippen molar-refractivity contribution in [2.45, 2.75) is 38.6 Å². The van der Waals surface area contributed by atoms with Gasteiger partial charge in [-0.2, -0.15) is 0 Å². The van der Waals surface area contributed by atoms with E-state index in [1.807, 2.05) is 0 Å². The fourth-order valence-electron chi connectivity index (χ4n) is 3.42. The lowest BCUT2D eigenvalue weighted by molar-refractivity contribution is -0.151. The van der Waals surface area contributed by atoms with Crippen molar-refractivity contribution in [3.63, 3.8) is 0 Å². The molecule has 2 aliphatic rings. The zero-order valence-corrected chi connectivity index (χ0v) is 13.7. The summed E-state index contributed by atoms with van der Waals surface area (Å²) >= 11 is 0. The van der Waals surface area contributed by atoms with Crippen molar-refractivity contribution >= 4 is 5.91 Å². The van der Waals surface area contributed by atoms with Crippen LogP contribution in [0, 0.1) is 11.3 Å². The Labute approximate surface area is 128 Å². The summed E-state index contributed by atoms with van der Waals surface area (Å²) in [4.78, 5) is 15.3. The largest absolute Gasteiger partial charge is 0.384 e. The van der Waals surface area contributed by atoms with Gasteiger partial charge in [-0.15, -0.1) is 0 Å². The van der Waals surface area contributed by atoms with Gasteiger partial charge in [0, 0.05) is 26.8 Å². The Morgan fingerprint density at radius 2 is 1.95 bits per heavy atom. The average Bonchev–Trinajstić information content (AvgIpc) is 3.33. The van der Waals surface area contributed by atoms with Crippen molar-refractivity contribution in [1.82, 2.24) is 10.2 Å². The van der Waals surface area contributed by atoms with Crippen LogP contribution in [0.1, 0.15) is 32.6 Å². The predicted octanol–water partition coefficient (Wildman–Crippen LogP) is 1.28. The van der Waals surface area contributed by atoms with E-state index < -0.39 is 0 Å². The topological polar surface area (TPSA) is 50.8 Å². The zero-order chi connectivity index (χ0) is 15.3. The highest BCUT2D eigenvalue weighted by molar-refractivity contribution is 5.83. The van der Waals surface area contributed by atoms with E-state index in [-0.39, 0.29) is 11.3 Å². The van der Waals surface area contributed by atoms with Crippen LogP contribution in [0.4, 0.5) is 0 Å². The van der Waals surface area contributed by atoms with Gasteiger partial charge >= 0.3 is 0 Å². The van der Waals surface area contributed by atoms with Gasteiger partial charge in [0.05, 0.1) is 18.6 Å². The van der Waals surface area contributed by atoms with Crippen LogP contribution in [0.3, 0.4) is 0 Å². The van der Waals surface area contributed by atoms with Crippen LogP contribution >= 0.6 is 0 Å². The third-order valence-corrected chi connectivity index (χ3v) is 5.03. The van der Waals surface area contributed by atoms with Gasteiger partial charge < -0.3 is 19.7 Å². The number of carbonyl (C=O) groups is 1. The first kappa shape index (κ1) is 16.7. The Kier molecular flexibility index (Phi) is 6.02. The Morgan fingerprint density at radius 3 is 2.48 bits per heavy atom. The highest BCUT2D eigenvalue weighted by Crippen LogP contribution is 2.38. The number of rotatable bonds is 8. The molecule has 1 aliphatic heterocycles. The molecule has 0 bridgehead atoms. The van der Waals surface area contributed by atoms with Crippen LogP contribution in [0.5, 0.6) is 0 Å². The second kappa shape index (κ2) is 7.56. The van der Waals surface area contributed by atoms with E-state index in [0.29, 0.717) is 31.7 Å². The van der Waals surface area contributed by atoms with E-state index in [1.165, 1.54) is 12.8 Å². The summed E-state index contributed by atoms with van der Waals surface area (Å²) in [5.41, 5.74) is -0.350. The standard InChI is InChI=1S/C16H30N2O3/c1-13(14-4-5-14)18(10-11-20-2)15(19)16(12-21-3)6-8-17-9-7-16/h13-14,17H,4-12H2,1-3H3. The molecular weight excluding hydrogens is 268 g/mol. The number of hydrogen-bond donors (Lipinski definition) is 1. The Balaban J connectivity index is 2.12. The number of amides is 1. The second-order valence-electron chi connectivity index (χ2n) is 6.53. The van der Waals surface area contributed by atoms with E-state index in [4.69, 9.17) is 9.47 Å². The lowest BCUT2D eigenvalue weighted by atomic mass is 9.78. The first-order valence-electron chi connectivity index (χ1n) is 8.14. The molecule has 0 radical (unpaired) electrons. The summed E-state index contributed by atoms with van der Waals surface area (Å²) in [5.74, 6) is 0.939. The summed E-state index contributed by atoms with van der Waals surface area (Å²) in [6.07, 6.45) is 4.22. The number of piperidine rings is 1. The molecule has 0 aromatic rings. The molecule has 1 aliphatic carbocycles. The molecule has 5 nitrogen and oxygen atoms in total. The maximum Gasteiger partial charge on any atom is 0.231 e. The van der Waals surface area contributed by atoms with Crippen LogP contribution in [-0.2, 0) is 14.3 Å². The van der Waals surface area contributed by atoms with Gasteiger partial charge in [0.1, 0.15) is 0 Å². The molecule has 1 heterocycles. The van der Waals surface area contributed by atoms with E-state index in [2.05, 4.69) is 17.1 Å². The van der Waals surface area contributed by atoms with Crippen LogP contribution in [0.25, 0.3) is 0 Å².